The van der Waals surface area contributed by atoms with E-state index < -0.39 is 0 Å². The number of hydrogen-bond acceptors (Lipinski definition) is 5. The molecule has 2 heterocycles. The highest BCUT2D eigenvalue weighted by Crippen LogP contribution is 2.29. The van der Waals surface area contributed by atoms with E-state index in [4.69, 9.17) is 5.73 Å². The molecule has 2 amide bonds. The van der Waals surface area contributed by atoms with E-state index in [1.54, 1.807) is 12.1 Å². The minimum absolute atomic E-state index is 0.00530. The first kappa shape index (κ1) is 24.5. The Morgan fingerprint density at radius 3 is 2.57 bits per heavy atom. The highest BCUT2D eigenvalue weighted by molar-refractivity contribution is 6.06. The van der Waals surface area contributed by atoms with Crippen LogP contribution in [0.4, 0.5) is 11.4 Å². The van der Waals surface area contributed by atoms with Gasteiger partial charge in [0.15, 0.2) is 0 Å². The molecule has 0 spiro atoms. The van der Waals surface area contributed by atoms with Crippen LogP contribution in [0.2, 0.25) is 0 Å². The fraction of sp³-hybridized carbons (Fsp3) is 0.393. The summed E-state index contributed by atoms with van der Waals surface area (Å²) in [4.78, 5) is 34.9. The van der Waals surface area contributed by atoms with E-state index in [1.165, 1.54) is 5.69 Å². The Kier molecular flexibility index (Phi) is 7.85. The van der Waals surface area contributed by atoms with Crippen molar-refractivity contribution in [1.29, 1.82) is 0 Å². The van der Waals surface area contributed by atoms with Crippen molar-refractivity contribution in [2.24, 2.45) is 10.7 Å². The Morgan fingerprint density at radius 2 is 1.86 bits per heavy atom. The zero-order valence-corrected chi connectivity index (χ0v) is 20.7. The van der Waals surface area contributed by atoms with Gasteiger partial charge in [0, 0.05) is 61.0 Å². The van der Waals surface area contributed by atoms with Crippen LogP contribution in [0.5, 0.6) is 0 Å². The largest absolute Gasteiger partial charge is 0.387 e. The SMILES string of the molecule is CCCN(CCC)C(=O)C1=Cc2ccc(C(=O)N[C@@H]3CCN(c4ccccc4)C3)cc2N=C(N)C1. The van der Waals surface area contributed by atoms with Crippen LogP contribution in [-0.4, -0.2) is 54.8 Å². The molecule has 1 fully saturated rings. The molecular formula is C28H35N5O2. The Bertz CT molecular complexity index is 1120. The number of amidine groups is 1. The smallest absolute Gasteiger partial charge is 0.251 e. The first-order chi connectivity index (χ1) is 17.0. The zero-order chi connectivity index (χ0) is 24.8. The van der Waals surface area contributed by atoms with Crippen molar-refractivity contribution in [3.05, 3.63) is 65.2 Å². The maximum absolute atomic E-state index is 13.2. The average molecular weight is 474 g/mol. The van der Waals surface area contributed by atoms with E-state index in [0.29, 0.717) is 29.1 Å². The molecule has 7 heteroatoms. The van der Waals surface area contributed by atoms with Crippen LogP contribution in [0.1, 0.15) is 55.5 Å². The van der Waals surface area contributed by atoms with Crippen LogP contribution >= 0.6 is 0 Å². The van der Waals surface area contributed by atoms with Crippen LogP contribution < -0.4 is 16.0 Å². The minimum atomic E-state index is -0.122. The Morgan fingerprint density at radius 1 is 1.11 bits per heavy atom. The lowest BCUT2D eigenvalue weighted by Gasteiger charge is -2.22. The number of nitrogens with zero attached hydrogens (tertiary/aromatic N) is 3. The highest BCUT2D eigenvalue weighted by Gasteiger charge is 2.25. The molecule has 3 N–H and O–H groups in total. The van der Waals surface area contributed by atoms with E-state index in [2.05, 4.69) is 41.2 Å². The average Bonchev–Trinajstić information content (AvgIpc) is 3.25. The molecule has 184 valence electrons. The van der Waals surface area contributed by atoms with Gasteiger partial charge in [-0.05, 0) is 49.6 Å². The third kappa shape index (κ3) is 5.91. The maximum atomic E-state index is 13.2. The van der Waals surface area contributed by atoms with E-state index >= 15 is 0 Å². The van der Waals surface area contributed by atoms with Crippen LogP contribution in [0.3, 0.4) is 0 Å². The summed E-state index contributed by atoms with van der Waals surface area (Å²) < 4.78 is 0. The van der Waals surface area contributed by atoms with Crippen molar-refractivity contribution < 1.29 is 9.59 Å². The van der Waals surface area contributed by atoms with Crippen molar-refractivity contribution in [2.75, 3.05) is 31.1 Å². The molecule has 2 aromatic rings. The minimum Gasteiger partial charge on any atom is -0.387 e. The number of nitrogens with two attached hydrogens (primary N) is 1. The molecule has 7 nitrogen and oxygen atoms in total. The predicted octanol–water partition coefficient (Wildman–Crippen LogP) is 4.12. The Balaban J connectivity index is 1.48. The summed E-state index contributed by atoms with van der Waals surface area (Å²) in [5, 5.41) is 3.16. The van der Waals surface area contributed by atoms with Gasteiger partial charge in [-0.15, -0.1) is 0 Å². The first-order valence-corrected chi connectivity index (χ1v) is 12.6. The third-order valence-corrected chi connectivity index (χ3v) is 6.45. The summed E-state index contributed by atoms with van der Waals surface area (Å²) in [5.74, 6) is 0.261. The molecule has 1 saturated heterocycles. The van der Waals surface area contributed by atoms with Crippen molar-refractivity contribution in [3.8, 4) is 0 Å². The van der Waals surface area contributed by atoms with Gasteiger partial charge in [-0.2, -0.15) is 0 Å². The third-order valence-electron chi connectivity index (χ3n) is 6.45. The summed E-state index contributed by atoms with van der Waals surface area (Å²) in [6.45, 7) is 7.27. The molecule has 0 radical (unpaired) electrons. The van der Waals surface area contributed by atoms with Crippen molar-refractivity contribution >= 4 is 35.1 Å². The van der Waals surface area contributed by atoms with Gasteiger partial charge >= 0.3 is 0 Å². The lowest BCUT2D eigenvalue weighted by atomic mass is 10.0. The van der Waals surface area contributed by atoms with Gasteiger partial charge < -0.3 is 20.9 Å². The number of amides is 2. The number of benzene rings is 2. The molecule has 2 aliphatic rings. The van der Waals surface area contributed by atoms with Gasteiger partial charge in [0.05, 0.1) is 5.69 Å². The molecule has 2 aliphatic heterocycles. The molecular weight excluding hydrogens is 438 g/mol. The second-order valence-corrected chi connectivity index (χ2v) is 9.26. The Hall–Kier alpha value is -3.61. The topological polar surface area (TPSA) is 91.0 Å². The standard InChI is InChI=1S/C28H35N5O2/c1-3-13-32(14-4-2)28(35)22-16-20-10-11-21(17-25(20)31-26(29)18-22)27(34)30-23-12-15-33(19-23)24-8-6-5-7-9-24/h5-11,16-17,23H,3-4,12-15,18-19H2,1-2H3,(H2,29,31)(H,30,34)/t23-/m1/s1. The summed E-state index contributed by atoms with van der Waals surface area (Å²) in [6, 6.07) is 15.8. The van der Waals surface area contributed by atoms with E-state index in [0.717, 1.165) is 51.0 Å². The molecule has 0 aromatic heterocycles. The monoisotopic (exact) mass is 473 g/mol. The van der Waals surface area contributed by atoms with Gasteiger partial charge in [-0.25, -0.2) is 4.99 Å². The quantitative estimate of drug-likeness (QED) is 0.603. The normalized spacial score (nSPS) is 17.2. The fourth-order valence-electron chi connectivity index (χ4n) is 4.75. The van der Waals surface area contributed by atoms with Gasteiger partial charge in [-0.1, -0.05) is 38.1 Å². The lowest BCUT2D eigenvalue weighted by Crippen LogP contribution is -2.37. The van der Waals surface area contributed by atoms with Crippen molar-refractivity contribution in [2.45, 2.75) is 45.6 Å². The number of aliphatic imine (C=N–C) groups is 1. The van der Waals surface area contributed by atoms with Gasteiger partial charge in [0.1, 0.15) is 5.84 Å². The predicted molar refractivity (Wildman–Crippen MR) is 142 cm³/mol. The second-order valence-electron chi connectivity index (χ2n) is 9.26. The fourth-order valence-corrected chi connectivity index (χ4v) is 4.75. The Labute approximate surface area is 207 Å². The zero-order valence-electron chi connectivity index (χ0n) is 20.7. The lowest BCUT2D eigenvalue weighted by molar-refractivity contribution is -0.127. The molecule has 4 rings (SSSR count). The van der Waals surface area contributed by atoms with Gasteiger partial charge in [0.2, 0.25) is 5.91 Å². The number of hydrogen-bond donors (Lipinski definition) is 2. The molecule has 35 heavy (non-hydrogen) atoms. The second kappa shape index (κ2) is 11.2. The first-order valence-electron chi connectivity index (χ1n) is 12.6. The van der Waals surface area contributed by atoms with E-state index in [1.807, 2.05) is 35.2 Å². The van der Waals surface area contributed by atoms with Crippen LogP contribution in [-0.2, 0) is 4.79 Å². The summed E-state index contributed by atoms with van der Waals surface area (Å²) in [6.07, 6.45) is 4.88. The summed E-state index contributed by atoms with van der Waals surface area (Å²) in [7, 11) is 0. The number of nitrogens with one attached hydrogen (secondary N) is 1. The van der Waals surface area contributed by atoms with Crippen molar-refractivity contribution in [1.82, 2.24) is 10.2 Å². The molecule has 0 aliphatic carbocycles. The summed E-state index contributed by atoms with van der Waals surface area (Å²) >= 11 is 0. The maximum Gasteiger partial charge on any atom is 0.251 e. The number of carbonyl (C=O) groups excluding carboxylic acids is 2. The molecule has 2 aromatic carbocycles. The van der Waals surface area contributed by atoms with Crippen LogP contribution in [0, 0.1) is 0 Å². The molecule has 0 unspecified atom stereocenters. The molecule has 1 atom stereocenters. The summed E-state index contributed by atoms with van der Waals surface area (Å²) in [5.41, 5.74) is 9.96. The molecule has 0 bridgehead atoms. The number of carbonyl (C=O) groups is 2. The van der Waals surface area contributed by atoms with Gasteiger partial charge in [0.25, 0.3) is 5.91 Å². The van der Waals surface area contributed by atoms with Crippen LogP contribution in [0.15, 0.2) is 59.1 Å². The number of anilines is 1. The number of rotatable bonds is 8. The van der Waals surface area contributed by atoms with Crippen molar-refractivity contribution in [3.63, 3.8) is 0 Å². The number of fused-ring (bicyclic) bond motifs is 1. The van der Waals surface area contributed by atoms with E-state index in [9.17, 15) is 9.59 Å². The van der Waals surface area contributed by atoms with Gasteiger partial charge in [-0.3, -0.25) is 9.59 Å². The number of para-hydroxylation sites is 1. The highest BCUT2D eigenvalue weighted by atomic mass is 16.2. The van der Waals surface area contributed by atoms with Crippen LogP contribution in [0.25, 0.3) is 6.08 Å². The molecule has 0 saturated carbocycles. The van der Waals surface area contributed by atoms with E-state index in [-0.39, 0.29) is 17.9 Å².